The molecule has 1 aliphatic carbocycles. The Balaban J connectivity index is 2.18. The molecule has 0 radical (unpaired) electrons. The van der Waals surface area contributed by atoms with E-state index in [1.807, 2.05) is 11.8 Å². The smallest absolute Gasteiger partial charge is 0.233 e. The lowest BCUT2D eigenvalue weighted by atomic mass is 9.68. The van der Waals surface area contributed by atoms with Crippen molar-refractivity contribution in [2.75, 3.05) is 18.6 Å². The van der Waals surface area contributed by atoms with Crippen LogP contribution in [0.5, 0.6) is 0 Å². The van der Waals surface area contributed by atoms with Crippen molar-refractivity contribution in [3.8, 4) is 0 Å². The fourth-order valence-electron chi connectivity index (χ4n) is 2.03. The van der Waals surface area contributed by atoms with Crippen molar-refractivity contribution in [2.24, 2.45) is 11.1 Å². The van der Waals surface area contributed by atoms with Gasteiger partial charge in [0.1, 0.15) is 0 Å². The molecule has 0 aromatic rings. The molecule has 0 unspecified atom stereocenters. The monoisotopic (exact) mass is 274 g/mol. The molecule has 1 amide bonds. The number of carbonyl (C=O) groups excluding carboxylic acids is 1. The van der Waals surface area contributed by atoms with E-state index in [4.69, 9.17) is 18.0 Å². The number of thiocarbonyl (C=S) groups is 1. The summed E-state index contributed by atoms with van der Waals surface area (Å²) in [4.78, 5) is 12.4. The molecule has 1 aliphatic rings. The zero-order valence-corrected chi connectivity index (χ0v) is 12.1. The van der Waals surface area contributed by atoms with Crippen LogP contribution in [0.25, 0.3) is 0 Å². The minimum absolute atomic E-state index is 0.0427. The Morgan fingerprint density at radius 1 is 1.41 bits per heavy atom. The van der Waals surface area contributed by atoms with Crippen molar-refractivity contribution >= 4 is 34.9 Å². The summed E-state index contributed by atoms with van der Waals surface area (Å²) < 4.78 is 0. The Bertz CT molecular complexity index is 278. The van der Waals surface area contributed by atoms with Crippen molar-refractivity contribution in [2.45, 2.75) is 38.5 Å². The molecule has 0 aliphatic heterocycles. The van der Waals surface area contributed by atoms with Gasteiger partial charge in [-0.15, -0.1) is 0 Å². The van der Waals surface area contributed by atoms with Gasteiger partial charge in [-0.25, -0.2) is 0 Å². The molecular weight excluding hydrogens is 252 g/mol. The minimum Gasteiger partial charge on any atom is -0.392 e. The highest BCUT2D eigenvalue weighted by atomic mass is 32.2. The molecular formula is C12H22N2OS2. The van der Waals surface area contributed by atoms with Crippen LogP contribution < -0.4 is 11.1 Å². The Hall–Kier alpha value is -0.290. The van der Waals surface area contributed by atoms with E-state index in [1.165, 1.54) is 18.6 Å². The van der Waals surface area contributed by atoms with Gasteiger partial charge in [0.2, 0.25) is 5.91 Å². The summed E-state index contributed by atoms with van der Waals surface area (Å²) in [5.74, 6) is 1.24. The van der Waals surface area contributed by atoms with Crippen LogP contribution in [-0.4, -0.2) is 29.4 Å². The molecule has 0 aromatic carbocycles. The molecule has 0 spiro atoms. The topological polar surface area (TPSA) is 55.1 Å². The summed E-state index contributed by atoms with van der Waals surface area (Å²) >= 11 is 6.87. The second kappa shape index (κ2) is 7.21. The van der Waals surface area contributed by atoms with Crippen molar-refractivity contribution in [3.05, 3.63) is 0 Å². The van der Waals surface area contributed by atoms with Gasteiger partial charge in [-0.05, 0) is 37.7 Å². The lowest BCUT2D eigenvalue weighted by Gasteiger charge is -2.39. The zero-order valence-electron chi connectivity index (χ0n) is 10.5. The highest BCUT2D eigenvalue weighted by Crippen LogP contribution is 2.41. The van der Waals surface area contributed by atoms with Gasteiger partial charge in [-0.2, -0.15) is 11.8 Å². The number of hydrogen-bond acceptors (Lipinski definition) is 3. The van der Waals surface area contributed by atoms with E-state index in [-0.39, 0.29) is 5.91 Å². The van der Waals surface area contributed by atoms with Gasteiger partial charge in [0.15, 0.2) is 0 Å². The van der Waals surface area contributed by atoms with E-state index in [9.17, 15) is 4.79 Å². The highest BCUT2D eigenvalue weighted by Gasteiger charge is 2.46. The largest absolute Gasteiger partial charge is 0.392 e. The van der Waals surface area contributed by atoms with Crippen LogP contribution in [0.2, 0.25) is 0 Å². The van der Waals surface area contributed by atoms with Gasteiger partial charge < -0.3 is 11.1 Å². The van der Waals surface area contributed by atoms with Gasteiger partial charge in [0.05, 0.1) is 10.4 Å². The van der Waals surface area contributed by atoms with Gasteiger partial charge in [0, 0.05) is 6.54 Å². The number of carbonyl (C=O) groups is 1. The predicted octanol–water partition coefficient (Wildman–Crippen LogP) is 2.09. The normalized spacial score (nSPS) is 17.2. The SMILES string of the molecule is CSCCCCCNC(=O)C1(C(N)=S)CCC1. The minimum atomic E-state index is -0.519. The second-order valence-corrected chi connectivity index (χ2v) is 6.03. The lowest BCUT2D eigenvalue weighted by Crippen LogP contribution is -2.53. The number of hydrogen-bond donors (Lipinski definition) is 2. The molecule has 5 heteroatoms. The van der Waals surface area contributed by atoms with Crippen LogP contribution in [0.4, 0.5) is 0 Å². The maximum absolute atomic E-state index is 12.0. The van der Waals surface area contributed by atoms with Crippen molar-refractivity contribution in [1.82, 2.24) is 5.32 Å². The summed E-state index contributed by atoms with van der Waals surface area (Å²) in [6, 6.07) is 0. The average molecular weight is 274 g/mol. The number of nitrogens with one attached hydrogen (secondary N) is 1. The summed E-state index contributed by atoms with van der Waals surface area (Å²) in [5, 5.41) is 2.97. The molecule has 1 fully saturated rings. The Kier molecular flexibility index (Phi) is 6.27. The predicted molar refractivity (Wildman–Crippen MR) is 78.3 cm³/mol. The molecule has 0 atom stereocenters. The number of thioether (sulfide) groups is 1. The van der Waals surface area contributed by atoms with Crippen LogP contribution >= 0.6 is 24.0 Å². The number of rotatable bonds is 8. The molecule has 0 heterocycles. The molecule has 17 heavy (non-hydrogen) atoms. The van der Waals surface area contributed by atoms with Crippen LogP contribution in [0.1, 0.15) is 38.5 Å². The first-order chi connectivity index (χ1) is 8.13. The van der Waals surface area contributed by atoms with E-state index in [1.54, 1.807) is 0 Å². The van der Waals surface area contributed by atoms with E-state index >= 15 is 0 Å². The van der Waals surface area contributed by atoms with Gasteiger partial charge in [0.25, 0.3) is 0 Å². The number of amides is 1. The van der Waals surface area contributed by atoms with Crippen LogP contribution in [0.15, 0.2) is 0 Å². The van der Waals surface area contributed by atoms with Gasteiger partial charge >= 0.3 is 0 Å². The standard InChI is InChI=1S/C12H22N2OS2/c1-17-9-4-2-3-8-14-11(15)12(10(13)16)6-5-7-12/h2-9H2,1H3,(H2,13,16)(H,14,15). The molecule has 1 rings (SSSR count). The van der Waals surface area contributed by atoms with E-state index in [2.05, 4.69) is 11.6 Å². The number of nitrogens with two attached hydrogens (primary N) is 1. The third kappa shape index (κ3) is 3.85. The Morgan fingerprint density at radius 2 is 2.12 bits per heavy atom. The molecule has 0 aromatic heterocycles. The number of unbranched alkanes of at least 4 members (excludes halogenated alkanes) is 2. The fraction of sp³-hybridized carbons (Fsp3) is 0.833. The first kappa shape index (κ1) is 14.8. The molecule has 0 saturated heterocycles. The molecule has 98 valence electrons. The van der Waals surface area contributed by atoms with Gasteiger partial charge in [-0.3, -0.25) is 4.79 Å². The average Bonchev–Trinajstić information content (AvgIpc) is 2.21. The van der Waals surface area contributed by atoms with Crippen molar-refractivity contribution in [1.29, 1.82) is 0 Å². The van der Waals surface area contributed by atoms with Crippen LogP contribution in [0, 0.1) is 5.41 Å². The summed E-state index contributed by atoms with van der Waals surface area (Å²) in [6.07, 6.45) is 8.24. The van der Waals surface area contributed by atoms with Crippen molar-refractivity contribution in [3.63, 3.8) is 0 Å². The van der Waals surface area contributed by atoms with E-state index < -0.39 is 5.41 Å². The first-order valence-electron chi connectivity index (χ1n) is 6.20. The summed E-state index contributed by atoms with van der Waals surface area (Å²) in [7, 11) is 0. The molecule has 3 nitrogen and oxygen atoms in total. The highest BCUT2D eigenvalue weighted by molar-refractivity contribution is 7.98. The Labute approximate surface area is 113 Å². The van der Waals surface area contributed by atoms with Crippen molar-refractivity contribution < 1.29 is 4.79 Å². The van der Waals surface area contributed by atoms with Crippen LogP contribution in [0.3, 0.4) is 0 Å². The second-order valence-electron chi connectivity index (χ2n) is 4.61. The molecule has 3 N–H and O–H groups in total. The Morgan fingerprint density at radius 3 is 2.59 bits per heavy atom. The summed E-state index contributed by atoms with van der Waals surface area (Å²) in [5.41, 5.74) is 5.15. The maximum atomic E-state index is 12.0. The third-order valence-electron chi connectivity index (χ3n) is 3.42. The quantitative estimate of drug-likeness (QED) is 0.526. The molecule has 0 bridgehead atoms. The van der Waals surface area contributed by atoms with E-state index in [0.717, 1.165) is 32.2 Å². The maximum Gasteiger partial charge on any atom is 0.233 e. The zero-order chi connectivity index (χ0) is 12.7. The van der Waals surface area contributed by atoms with Gasteiger partial charge in [-0.1, -0.05) is 25.1 Å². The lowest BCUT2D eigenvalue weighted by molar-refractivity contribution is -0.130. The van der Waals surface area contributed by atoms with E-state index in [0.29, 0.717) is 4.99 Å². The summed E-state index contributed by atoms with van der Waals surface area (Å²) in [6.45, 7) is 0.748. The fourth-order valence-corrected chi connectivity index (χ4v) is 2.82. The molecule has 1 saturated carbocycles. The van der Waals surface area contributed by atoms with Crippen LogP contribution in [-0.2, 0) is 4.79 Å². The first-order valence-corrected chi connectivity index (χ1v) is 8.01. The third-order valence-corrected chi connectivity index (χ3v) is 4.51.